The lowest BCUT2D eigenvalue weighted by Gasteiger charge is -2.21. The van der Waals surface area contributed by atoms with Gasteiger partial charge in [0.1, 0.15) is 0 Å². The van der Waals surface area contributed by atoms with Gasteiger partial charge in [-0.25, -0.2) is 0 Å². The van der Waals surface area contributed by atoms with Crippen LogP contribution in [0.15, 0.2) is 35.3 Å². The average Bonchev–Trinajstić information content (AvgIpc) is 2.97. The highest BCUT2D eigenvalue weighted by atomic mass is 16.5. The number of rotatable bonds is 5. The van der Waals surface area contributed by atoms with Gasteiger partial charge in [-0.1, -0.05) is 30.3 Å². The fraction of sp³-hybridized carbons (Fsp3) is 0.562. The molecule has 0 aromatic heterocycles. The number of nitrogens with zero attached hydrogens (tertiary/aromatic N) is 2. The fourth-order valence-electron chi connectivity index (χ4n) is 2.62. The van der Waals surface area contributed by atoms with E-state index in [0.717, 1.165) is 25.6 Å². The second-order valence-corrected chi connectivity index (χ2v) is 5.07. The summed E-state index contributed by atoms with van der Waals surface area (Å²) in [7, 11) is 1.71. The molecule has 0 bridgehead atoms. The van der Waals surface area contributed by atoms with Crippen molar-refractivity contribution >= 4 is 5.96 Å². The number of nitrogens with one attached hydrogen (secondary N) is 1. The van der Waals surface area contributed by atoms with Gasteiger partial charge in [-0.15, -0.1) is 0 Å². The Labute approximate surface area is 121 Å². The Hall–Kier alpha value is -1.55. The van der Waals surface area contributed by atoms with Crippen molar-refractivity contribution < 1.29 is 4.74 Å². The van der Waals surface area contributed by atoms with Gasteiger partial charge < -0.3 is 15.0 Å². The summed E-state index contributed by atoms with van der Waals surface area (Å²) in [5.41, 5.74) is 1.43. The molecule has 1 aromatic rings. The molecular weight excluding hydrogens is 250 g/mol. The normalized spacial score (nSPS) is 19.4. The molecule has 0 aliphatic carbocycles. The Morgan fingerprint density at radius 1 is 1.40 bits per heavy atom. The molecule has 1 fully saturated rings. The fourth-order valence-corrected chi connectivity index (χ4v) is 2.62. The third kappa shape index (κ3) is 3.97. The van der Waals surface area contributed by atoms with Crippen molar-refractivity contribution in [1.82, 2.24) is 10.2 Å². The molecule has 20 heavy (non-hydrogen) atoms. The smallest absolute Gasteiger partial charge is 0.194 e. The Kier molecular flexibility index (Phi) is 5.87. The van der Waals surface area contributed by atoms with Gasteiger partial charge in [-0.2, -0.15) is 0 Å². The Bertz CT molecular complexity index is 419. The molecule has 2 rings (SSSR count). The molecule has 0 radical (unpaired) electrons. The van der Waals surface area contributed by atoms with Crippen molar-refractivity contribution in [3.8, 4) is 0 Å². The number of methoxy groups -OCH3 is 1. The second kappa shape index (κ2) is 7.90. The molecule has 1 saturated heterocycles. The molecular formula is C16H25N3O. The van der Waals surface area contributed by atoms with Crippen LogP contribution in [0.5, 0.6) is 0 Å². The van der Waals surface area contributed by atoms with Gasteiger partial charge in [0.05, 0.1) is 13.2 Å². The zero-order valence-electron chi connectivity index (χ0n) is 12.5. The minimum absolute atomic E-state index is 0.613. The van der Waals surface area contributed by atoms with Gasteiger partial charge in [-0.3, -0.25) is 4.99 Å². The van der Waals surface area contributed by atoms with Gasteiger partial charge >= 0.3 is 0 Å². The summed E-state index contributed by atoms with van der Waals surface area (Å²) in [6.07, 6.45) is 1.19. The molecule has 0 amide bonds. The van der Waals surface area contributed by atoms with Gasteiger partial charge in [0.15, 0.2) is 5.96 Å². The molecule has 1 atom stereocenters. The number of ether oxygens (including phenoxy) is 1. The third-order valence-electron chi connectivity index (χ3n) is 3.65. The first-order valence-electron chi connectivity index (χ1n) is 7.42. The van der Waals surface area contributed by atoms with Crippen LogP contribution in [0.1, 0.15) is 24.8 Å². The highest BCUT2D eigenvalue weighted by Crippen LogP contribution is 2.26. The van der Waals surface area contributed by atoms with Crippen molar-refractivity contribution in [3.05, 3.63) is 35.9 Å². The highest BCUT2D eigenvalue weighted by molar-refractivity contribution is 5.80. The van der Waals surface area contributed by atoms with E-state index in [-0.39, 0.29) is 0 Å². The van der Waals surface area contributed by atoms with E-state index < -0.39 is 0 Å². The first-order chi connectivity index (χ1) is 9.85. The maximum Gasteiger partial charge on any atom is 0.194 e. The molecule has 4 nitrogen and oxygen atoms in total. The van der Waals surface area contributed by atoms with E-state index in [1.54, 1.807) is 7.11 Å². The second-order valence-electron chi connectivity index (χ2n) is 5.07. The number of hydrogen-bond donors (Lipinski definition) is 1. The minimum Gasteiger partial charge on any atom is -0.383 e. The molecule has 110 valence electrons. The molecule has 1 aliphatic rings. The molecule has 1 heterocycles. The predicted octanol–water partition coefficient (Wildman–Crippen LogP) is 2.09. The lowest BCUT2D eigenvalue weighted by molar-refractivity contribution is 0.207. The van der Waals surface area contributed by atoms with Crippen molar-refractivity contribution in [2.45, 2.75) is 19.3 Å². The van der Waals surface area contributed by atoms with Gasteiger partial charge in [0.25, 0.3) is 0 Å². The van der Waals surface area contributed by atoms with E-state index in [0.29, 0.717) is 19.1 Å². The van der Waals surface area contributed by atoms with Crippen molar-refractivity contribution in [1.29, 1.82) is 0 Å². The van der Waals surface area contributed by atoms with Crippen LogP contribution >= 0.6 is 0 Å². The summed E-state index contributed by atoms with van der Waals surface area (Å²) < 4.78 is 5.07. The van der Waals surface area contributed by atoms with E-state index in [2.05, 4.69) is 52.5 Å². The van der Waals surface area contributed by atoms with E-state index >= 15 is 0 Å². The van der Waals surface area contributed by atoms with E-state index in [9.17, 15) is 0 Å². The summed E-state index contributed by atoms with van der Waals surface area (Å²) >= 11 is 0. The third-order valence-corrected chi connectivity index (χ3v) is 3.65. The number of likely N-dealkylation sites (tertiary alicyclic amines) is 1. The molecule has 1 unspecified atom stereocenters. The van der Waals surface area contributed by atoms with Crippen LogP contribution in [-0.4, -0.2) is 50.8 Å². The van der Waals surface area contributed by atoms with Gasteiger partial charge in [0.2, 0.25) is 0 Å². The number of aliphatic imine (C=N–C) groups is 1. The van der Waals surface area contributed by atoms with Crippen molar-refractivity contribution in [2.24, 2.45) is 4.99 Å². The van der Waals surface area contributed by atoms with E-state index in [1.165, 1.54) is 12.0 Å². The number of benzene rings is 1. The largest absolute Gasteiger partial charge is 0.383 e. The molecule has 0 saturated carbocycles. The Balaban J connectivity index is 1.97. The van der Waals surface area contributed by atoms with Crippen molar-refractivity contribution in [3.63, 3.8) is 0 Å². The standard InChI is InChI=1S/C16H25N3O/c1-3-17-16(18-10-12-20-2)19-11-9-15(13-19)14-7-5-4-6-8-14/h4-8,15H,3,9-13H2,1-2H3,(H,17,18). The zero-order chi connectivity index (χ0) is 14.2. The van der Waals surface area contributed by atoms with Gasteiger partial charge in [-0.05, 0) is 18.9 Å². The first-order valence-corrected chi connectivity index (χ1v) is 7.42. The van der Waals surface area contributed by atoms with Crippen LogP contribution in [-0.2, 0) is 4.74 Å². The van der Waals surface area contributed by atoms with Gasteiger partial charge in [0, 0.05) is 32.7 Å². The molecule has 1 N–H and O–H groups in total. The quantitative estimate of drug-likeness (QED) is 0.508. The van der Waals surface area contributed by atoms with Crippen LogP contribution in [0.3, 0.4) is 0 Å². The summed E-state index contributed by atoms with van der Waals surface area (Å²) in [4.78, 5) is 6.98. The number of hydrogen-bond acceptors (Lipinski definition) is 2. The topological polar surface area (TPSA) is 36.9 Å². The molecule has 1 aliphatic heterocycles. The van der Waals surface area contributed by atoms with Crippen LogP contribution < -0.4 is 5.32 Å². The van der Waals surface area contributed by atoms with E-state index in [4.69, 9.17) is 4.74 Å². The number of guanidine groups is 1. The van der Waals surface area contributed by atoms with Crippen LogP contribution in [0.4, 0.5) is 0 Å². The lowest BCUT2D eigenvalue weighted by atomic mass is 9.99. The summed E-state index contributed by atoms with van der Waals surface area (Å²) in [6, 6.07) is 10.8. The molecule has 4 heteroatoms. The Morgan fingerprint density at radius 2 is 2.20 bits per heavy atom. The van der Waals surface area contributed by atoms with Crippen LogP contribution in [0.2, 0.25) is 0 Å². The zero-order valence-corrected chi connectivity index (χ0v) is 12.5. The van der Waals surface area contributed by atoms with Crippen LogP contribution in [0.25, 0.3) is 0 Å². The SMILES string of the molecule is CCNC(=NCCOC)N1CCC(c2ccccc2)C1. The van der Waals surface area contributed by atoms with E-state index in [1.807, 2.05) is 0 Å². The summed E-state index contributed by atoms with van der Waals surface area (Å²) in [5.74, 6) is 1.63. The first kappa shape index (κ1) is 14.9. The molecule has 0 spiro atoms. The van der Waals surface area contributed by atoms with Crippen LogP contribution in [0, 0.1) is 0 Å². The lowest BCUT2D eigenvalue weighted by Crippen LogP contribution is -2.40. The van der Waals surface area contributed by atoms with Crippen molar-refractivity contribution in [2.75, 3.05) is 39.9 Å². The maximum absolute atomic E-state index is 5.07. The monoisotopic (exact) mass is 275 g/mol. The highest BCUT2D eigenvalue weighted by Gasteiger charge is 2.25. The average molecular weight is 275 g/mol. The predicted molar refractivity (Wildman–Crippen MR) is 83.2 cm³/mol. The minimum atomic E-state index is 0.613. The molecule has 1 aromatic carbocycles. The maximum atomic E-state index is 5.07. The summed E-state index contributed by atoms with van der Waals surface area (Å²) in [5, 5.41) is 3.38. The Morgan fingerprint density at radius 3 is 2.90 bits per heavy atom. The summed E-state index contributed by atoms with van der Waals surface area (Å²) in [6.45, 7) is 6.51.